The number of ether oxygens (including phenoxy) is 1. The van der Waals surface area contributed by atoms with E-state index in [2.05, 4.69) is 40.5 Å². The second-order valence-corrected chi connectivity index (χ2v) is 10.6. The topological polar surface area (TPSA) is 44.8 Å². The molecular weight excluding hydrogens is 410 g/mol. The van der Waals surface area contributed by atoms with Gasteiger partial charge in [0.25, 0.3) is 5.91 Å². The lowest BCUT2D eigenvalue weighted by Crippen LogP contribution is -2.52. The summed E-state index contributed by atoms with van der Waals surface area (Å²) in [6.45, 7) is 4.33. The number of nitrogens with zero attached hydrogens (tertiary/aromatic N) is 2. The van der Waals surface area contributed by atoms with E-state index in [1.165, 1.54) is 76.4 Å². The number of benzene rings is 1. The van der Waals surface area contributed by atoms with Crippen molar-refractivity contribution in [2.75, 3.05) is 40.3 Å². The number of hydrogen-bond acceptors (Lipinski definition) is 4. The highest BCUT2D eigenvalue weighted by molar-refractivity contribution is 5.81. The van der Waals surface area contributed by atoms with Crippen molar-refractivity contribution >= 4 is 5.91 Å². The SMILES string of the molecule is COC(C(=O)N(C)CCCC1CCC(c2ccccc2)(N2CCCC2)CC1)C1CCCCN1. The molecule has 1 aliphatic carbocycles. The van der Waals surface area contributed by atoms with Crippen LogP contribution in [0.25, 0.3) is 0 Å². The molecule has 2 aliphatic heterocycles. The molecule has 2 saturated heterocycles. The molecule has 1 aromatic rings. The number of nitrogens with one attached hydrogen (secondary N) is 1. The zero-order valence-electron chi connectivity index (χ0n) is 20.9. The Bertz CT molecular complexity index is 720. The van der Waals surface area contributed by atoms with Crippen molar-refractivity contribution in [3.63, 3.8) is 0 Å². The van der Waals surface area contributed by atoms with Crippen LogP contribution in [0.1, 0.15) is 76.2 Å². The molecule has 0 bridgehead atoms. The lowest BCUT2D eigenvalue weighted by atomic mass is 9.70. The average molecular weight is 456 g/mol. The van der Waals surface area contributed by atoms with E-state index >= 15 is 0 Å². The third-order valence-electron chi connectivity index (χ3n) is 8.65. The predicted molar refractivity (Wildman–Crippen MR) is 134 cm³/mol. The summed E-state index contributed by atoms with van der Waals surface area (Å²) in [4.78, 5) is 17.7. The Labute approximate surface area is 201 Å². The molecule has 0 radical (unpaired) electrons. The van der Waals surface area contributed by atoms with Gasteiger partial charge in [-0.1, -0.05) is 36.8 Å². The zero-order chi connectivity index (χ0) is 23.1. The highest BCUT2D eigenvalue weighted by atomic mass is 16.5. The molecule has 184 valence electrons. The van der Waals surface area contributed by atoms with Crippen LogP contribution in [0.15, 0.2) is 30.3 Å². The molecule has 0 spiro atoms. The number of carbonyl (C=O) groups is 1. The van der Waals surface area contributed by atoms with E-state index < -0.39 is 0 Å². The molecule has 33 heavy (non-hydrogen) atoms. The van der Waals surface area contributed by atoms with E-state index in [9.17, 15) is 4.79 Å². The smallest absolute Gasteiger partial charge is 0.253 e. The normalized spacial score (nSPS) is 29.6. The van der Waals surface area contributed by atoms with Crippen molar-refractivity contribution in [3.8, 4) is 0 Å². The molecule has 1 saturated carbocycles. The Kier molecular flexibility index (Phi) is 8.84. The van der Waals surface area contributed by atoms with Gasteiger partial charge in [0, 0.05) is 32.3 Å². The van der Waals surface area contributed by atoms with Crippen molar-refractivity contribution in [2.45, 2.75) is 88.3 Å². The minimum atomic E-state index is -0.350. The Morgan fingerprint density at radius 1 is 1.12 bits per heavy atom. The van der Waals surface area contributed by atoms with Gasteiger partial charge in [-0.15, -0.1) is 0 Å². The quantitative estimate of drug-likeness (QED) is 0.593. The fourth-order valence-electron chi connectivity index (χ4n) is 6.64. The number of likely N-dealkylation sites (N-methyl/N-ethyl adjacent to an activating group) is 1. The van der Waals surface area contributed by atoms with Gasteiger partial charge in [0.2, 0.25) is 0 Å². The van der Waals surface area contributed by atoms with Crippen LogP contribution in [-0.2, 0) is 15.1 Å². The summed E-state index contributed by atoms with van der Waals surface area (Å²) in [7, 11) is 3.62. The van der Waals surface area contributed by atoms with E-state index in [-0.39, 0.29) is 23.6 Å². The van der Waals surface area contributed by atoms with Crippen molar-refractivity contribution in [1.82, 2.24) is 15.1 Å². The van der Waals surface area contributed by atoms with Crippen molar-refractivity contribution in [3.05, 3.63) is 35.9 Å². The van der Waals surface area contributed by atoms with Gasteiger partial charge in [-0.25, -0.2) is 0 Å². The lowest BCUT2D eigenvalue weighted by Gasteiger charge is -2.47. The van der Waals surface area contributed by atoms with Gasteiger partial charge in [0.15, 0.2) is 6.10 Å². The molecule has 1 amide bonds. The Morgan fingerprint density at radius 2 is 1.85 bits per heavy atom. The van der Waals surface area contributed by atoms with Gasteiger partial charge in [-0.2, -0.15) is 0 Å². The van der Waals surface area contributed by atoms with Crippen LogP contribution in [0.4, 0.5) is 0 Å². The molecular formula is C28H45N3O2. The molecule has 3 aliphatic rings. The fraction of sp³-hybridized carbons (Fsp3) is 0.750. The predicted octanol–water partition coefficient (Wildman–Crippen LogP) is 4.56. The molecule has 3 fully saturated rings. The maximum Gasteiger partial charge on any atom is 0.253 e. The molecule has 4 rings (SSSR count). The number of hydrogen-bond donors (Lipinski definition) is 1. The van der Waals surface area contributed by atoms with Crippen LogP contribution in [0.3, 0.4) is 0 Å². The number of carbonyl (C=O) groups excluding carboxylic acids is 1. The third kappa shape index (κ3) is 5.80. The summed E-state index contributed by atoms with van der Waals surface area (Å²) in [5.41, 5.74) is 1.78. The van der Waals surface area contributed by atoms with Crippen LogP contribution in [0, 0.1) is 5.92 Å². The number of rotatable bonds is 9. The monoisotopic (exact) mass is 455 g/mol. The van der Waals surface area contributed by atoms with Gasteiger partial charge in [0.1, 0.15) is 0 Å². The number of methoxy groups -OCH3 is 1. The zero-order valence-corrected chi connectivity index (χ0v) is 20.9. The first kappa shape index (κ1) is 24.7. The van der Waals surface area contributed by atoms with Gasteiger partial charge < -0.3 is 15.0 Å². The summed E-state index contributed by atoms with van der Waals surface area (Å²) >= 11 is 0. The molecule has 2 atom stereocenters. The molecule has 2 unspecified atom stereocenters. The van der Waals surface area contributed by atoms with Crippen LogP contribution in [-0.4, -0.2) is 68.2 Å². The third-order valence-corrected chi connectivity index (χ3v) is 8.65. The molecule has 1 N–H and O–H groups in total. The van der Waals surface area contributed by atoms with Crippen molar-refractivity contribution in [2.24, 2.45) is 5.92 Å². The van der Waals surface area contributed by atoms with Crippen LogP contribution < -0.4 is 5.32 Å². The Morgan fingerprint density at radius 3 is 2.48 bits per heavy atom. The van der Waals surface area contributed by atoms with E-state index in [4.69, 9.17) is 4.74 Å². The van der Waals surface area contributed by atoms with Crippen LogP contribution in [0.2, 0.25) is 0 Å². The summed E-state index contributed by atoms with van der Waals surface area (Å²) < 4.78 is 5.62. The first-order valence-corrected chi connectivity index (χ1v) is 13.5. The second-order valence-electron chi connectivity index (χ2n) is 10.6. The Hall–Kier alpha value is -1.43. The molecule has 5 heteroatoms. The maximum atomic E-state index is 13.0. The molecule has 0 aromatic heterocycles. The summed E-state index contributed by atoms with van der Waals surface area (Å²) in [6, 6.07) is 11.4. The number of piperidine rings is 1. The summed E-state index contributed by atoms with van der Waals surface area (Å²) in [5, 5.41) is 3.48. The second kappa shape index (κ2) is 11.8. The van der Waals surface area contributed by atoms with E-state index in [1.54, 1.807) is 7.11 Å². The van der Waals surface area contributed by atoms with Crippen molar-refractivity contribution < 1.29 is 9.53 Å². The highest BCUT2D eigenvalue weighted by Gasteiger charge is 2.42. The van der Waals surface area contributed by atoms with Crippen LogP contribution >= 0.6 is 0 Å². The summed E-state index contributed by atoms with van der Waals surface area (Å²) in [5.74, 6) is 0.920. The number of likely N-dealkylation sites (tertiary alicyclic amines) is 1. The van der Waals surface area contributed by atoms with Gasteiger partial charge in [-0.3, -0.25) is 9.69 Å². The summed E-state index contributed by atoms with van der Waals surface area (Å²) in [6.07, 6.45) is 13.2. The lowest BCUT2D eigenvalue weighted by molar-refractivity contribution is -0.142. The van der Waals surface area contributed by atoms with Gasteiger partial charge in [-0.05, 0) is 95.3 Å². The first-order chi connectivity index (χ1) is 16.1. The van der Waals surface area contributed by atoms with Crippen molar-refractivity contribution in [1.29, 1.82) is 0 Å². The largest absolute Gasteiger partial charge is 0.370 e. The first-order valence-electron chi connectivity index (χ1n) is 13.5. The minimum absolute atomic E-state index is 0.137. The standard InChI is InChI=1S/C28H45N3O2/c1-30(27(32)26(33-2)25-14-6-7-19-29-25)20-10-11-23-15-17-28(18-16-23,31-21-8-9-22-31)24-12-4-3-5-13-24/h3-5,12-13,23,25-26,29H,6-11,14-22H2,1-2H3. The molecule has 1 aromatic carbocycles. The maximum absolute atomic E-state index is 13.0. The highest BCUT2D eigenvalue weighted by Crippen LogP contribution is 2.46. The molecule has 5 nitrogen and oxygen atoms in total. The van der Waals surface area contributed by atoms with E-state index in [0.29, 0.717) is 0 Å². The minimum Gasteiger partial charge on any atom is -0.370 e. The van der Waals surface area contributed by atoms with Gasteiger partial charge >= 0.3 is 0 Å². The Balaban J connectivity index is 1.26. The van der Waals surface area contributed by atoms with Crippen LogP contribution in [0.5, 0.6) is 0 Å². The molecule has 2 heterocycles. The van der Waals surface area contributed by atoms with E-state index in [0.717, 1.165) is 31.8 Å². The fourth-order valence-corrected chi connectivity index (χ4v) is 6.64. The van der Waals surface area contributed by atoms with Gasteiger partial charge in [0.05, 0.1) is 0 Å². The van der Waals surface area contributed by atoms with E-state index in [1.807, 2.05) is 11.9 Å². The number of amides is 1. The average Bonchev–Trinajstić information content (AvgIpc) is 3.42.